The maximum Gasteiger partial charge on any atom is 0.314 e. The molecule has 0 unspecified atom stereocenters. The van der Waals surface area contributed by atoms with E-state index >= 15 is 0 Å². The third-order valence-electron chi connectivity index (χ3n) is 3.98. The van der Waals surface area contributed by atoms with Gasteiger partial charge in [-0.25, -0.2) is 0 Å². The maximum absolute atomic E-state index is 12.6. The van der Waals surface area contributed by atoms with Crippen LogP contribution >= 0.6 is 11.6 Å². The van der Waals surface area contributed by atoms with Crippen molar-refractivity contribution >= 4 is 17.6 Å². The van der Waals surface area contributed by atoms with Gasteiger partial charge in [0.25, 0.3) is 5.89 Å². The van der Waals surface area contributed by atoms with Crippen LogP contribution in [0.2, 0.25) is 5.02 Å². The number of hydrogen-bond donors (Lipinski definition) is 0. The van der Waals surface area contributed by atoms with Gasteiger partial charge in [0.2, 0.25) is 5.89 Å². The zero-order chi connectivity index (χ0) is 18.5. The Kier molecular flexibility index (Phi) is 5.68. The molecular formula is C20H19ClN2O3. The summed E-state index contributed by atoms with van der Waals surface area (Å²) in [5, 5.41) is 8.56. The fourth-order valence-corrected chi connectivity index (χ4v) is 2.82. The topological polar surface area (TPSA) is 65.2 Å². The van der Waals surface area contributed by atoms with Crippen molar-refractivity contribution in [3.63, 3.8) is 0 Å². The molecule has 0 fully saturated rings. The quantitative estimate of drug-likeness (QED) is 0.579. The second-order valence-electron chi connectivity index (χ2n) is 6.25. The van der Waals surface area contributed by atoms with Crippen LogP contribution in [0.4, 0.5) is 0 Å². The molecule has 1 aromatic heterocycles. The zero-order valence-electron chi connectivity index (χ0n) is 14.6. The molecule has 0 saturated carbocycles. The van der Waals surface area contributed by atoms with E-state index in [1.807, 2.05) is 56.3 Å². The molecule has 26 heavy (non-hydrogen) atoms. The van der Waals surface area contributed by atoms with Gasteiger partial charge < -0.3 is 9.15 Å². The molecule has 3 aromatic rings. The lowest BCUT2D eigenvalue weighted by Crippen LogP contribution is -2.20. The van der Waals surface area contributed by atoms with Crippen LogP contribution in [0, 0.1) is 5.92 Å². The smallest absolute Gasteiger partial charge is 0.314 e. The summed E-state index contributed by atoms with van der Waals surface area (Å²) in [6.45, 7) is 3.89. The normalized spacial score (nSPS) is 12.2. The molecule has 0 aliphatic heterocycles. The molecule has 0 amide bonds. The molecule has 2 aromatic carbocycles. The minimum absolute atomic E-state index is 0.0600. The first-order chi connectivity index (χ1) is 12.5. The van der Waals surface area contributed by atoms with Gasteiger partial charge in [0.05, 0.1) is 5.92 Å². The molecule has 0 N–H and O–H groups in total. The Bertz CT molecular complexity index is 860. The number of ether oxygens (including phenoxy) is 1. The van der Waals surface area contributed by atoms with E-state index in [-0.39, 0.29) is 30.3 Å². The van der Waals surface area contributed by atoms with Gasteiger partial charge >= 0.3 is 5.97 Å². The Morgan fingerprint density at radius 2 is 1.77 bits per heavy atom. The van der Waals surface area contributed by atoms with Crippen LogP contribution in [-0.2, 0) is 16.1 Å². The number of rotatable bonds is 6. The number of carbonyl (C=O) groups is 1. The third-order valence-corrected chi connectivity index (χ3v) is 4.23. The van der Waals surface area contributed by atoms with Crippen molar-refractivity contribution in [1.82, 2.24) is 10.2 Å². The van der Waals surface area contributed by atoms with Crippen LogP contribution in [0.5, 0.6) is 0 Å². The monoisotopic (exact) mass is 370 g/mol. The molecular weight excluding hydrogens is 352 g/mol. The van der Waals surface area contributed by atoms with Crippen molar-refractivity contribution in [3.8, 4) is 11.5 Å². The van der Waals surface area contributed by atoms with Gasteiger partial charge in [0.15, 0.2) is 6.61 Å². The first-order valence-electron chi connectivity index (χ1n) is 8.34. The van der Waals surface area contributed by atoms with Crippen molar-refractivity contribution in [2.24, 2.45) is 5.92 Å². The van der Waals surface area contributed by atoms with Gasteiger partial charge in [-0.15, -0.1) is 10.2 Å². The Balaban J connectivity index is 1.67. The lowest BCUT2D eigenvalue weighted by Gasteiger charge is -2.19. The summed E-state index contributed by atoms with van der Waals surface area (Å²) in [4.78, 5) is 12.6. The largest absolute Gasteiger partial charge is 0.455 e. The van der Waals surface area contributed by atoms with E-state index in [1.54, 1.807) is 12.1 Å². The minimum Gasteiger partial charge on any atom is -0.455 e. The zero-order valence-corrected chi connectivity index (χ0v) is 15.3. The van der Waals surface area contributed by atoms with Gasteiger partial charge in [-0.2, -0.15) is 0 Å². The van der Waals surface area contributed by atoms with E-state index in [0.29, 0.717) is 10.9 Å². The molecule has 0 saturated heterocycles. The fraction of sp³-hybridized carbons (Fsp3) is 0.250. The van der Waals surface area contributed by atoms with Gasteiger partial charge in [0.1, 0.15) is 0 Å². The molecule has 3 rings (SSSR count). The van der Waals surface area contributed by atoms with Crippen LogP contribution in [0.25, 0.3) is 11.5 Å². The molecule has 0 aliphatic rings. The summed E-state index contributed by atoms with van der Waals surface area (Å²) in [5.74, 6) is 0.0161. The molecule has 6 heteroatoms. The van der Waals surface area contributed by atoms with Crippen LogP contribution in [0.3, 0.4) is 0 Å². The highest BCUT2D eigenvalue weighted by molar-refractivity contribution is 6.30. The average Bonchev–Trinajstić information content (AvgIpc) is 3.11. The van der Waals surface area contributed by atoms with E-state index in [2.05, 4.69) is 10.2 Å². The Morgan fingerprint density at radius 1 is 1.08 bits per heavy atom. The van der Waals surface area contributed by atoms with Crippen molar-refractivity contribution in [2.75, 3.05) is 0 Å². The lowest BCUT2D eigenvalue weighted by molar-refractivity contribution is -0.148. The van der Waals surface area contributed by atoms with E-state index in [4.69, 9.17) is 20.8 Å². The fourth-order valence-electron chi connectivity index (χ4n) is 2.70. The number of halogens is 1. The summed E-state index contributed by atoms with van der Waals surface area (Å²) in [7, 11) is 0. The van der Waals surface area contributed by atoms with Gasteiger partial charge in [-0.05, 0) is 35.7 Å². The number of esters is 1. The van der Waals surface area contributed by atoms with E-state index in [0.717, 1.165) is 11.1 Å². The van der Waals surface area contributed by atoms with Gasteiger partial charge in [0, 0.05) is 10.6 Å². The molecule has 0 radical (unpaired) electrons. The molecule has 0 bridgehead atoms. The predicted octanol–water partition coefficient (Wildman–Crippen LogP) is 4.87. The van der Waals surface area contributed by atoms with Crippen LogP contribution in [0.1, 0.15) is 31.2 Å². The highest BCUT2D eigenvalue weighted by Crippen LogP contribution is 2.27. The summed E-state index contributed by atoms with van der Waals surface area (Å²) in [6, 6.07) is 16.6. The molecule has 1 heterocycles. The molecule has 134 valence electrons. The van der Waals surface area contributed by atoms with Crippen LogP contribution in [0.15, 0.2) is 59.0 Å². The highest BCUT2D eigenvalue weighted by atomic mass is 35.5. The Labute approximate surface area is 157 Å². The maximum atomic E-state index is 12.6. The summed E-state index contributed by atoms with van der Waals surface area (Å²) < 4.78 is 11.0. The van der Waals surface area contributed by atoms with Crippen molar-refractivity contribution < 1.29 is 13.9 Å². The number of aromatic nitrogens is 2. The van der Waals surface area contributed by atoms with Gasteiger partial charge in [-0.3, -0.25) is 4.79 Å². The van der Waals surface area contributed by atoms with E-state index in [1.165, 1.54) is 0 Å². The average molecular weight is 371 g/mol. The second kappa shape index (κ2) is 8.15. The first kappa shape index (κ1) is 18.1. The highest BCUT2D eigenvalue weighted by Gasteiger charge is 2.26. The molecule has 0 spiro atoms. The van der Waals surface area contributed by atoms with Crippen LogP contribution < -0.4 is 0 Å². The number of carbonyl (C=O) groups excluding carboxylic acids is 1. The predicted molar refractivity (Wildman–Crippen MR) is 98.6 cm³/mol. The van der Waals surface area contributed by atoms with Gasteiger partial charge in [-0.1, -0.05) is 55.8 Å². The van der Waals surface area contributed by atoms with Crippen LogP contribution in [-0.4, -0.2) is 16.2 Å². The molecule has 5 nitrogen and oxygen atoms in total. The number of benzene rings is 2. The summed E-state index contributed by atoms with van der Waals surface area (Å²) in [6.07, 6.45) is 0. The summed E-state index contributed by atoms with van der Waals surface area (Å²) in [5.41, 5.74) is 1.68. The standard InChI is InChI=1S/C20H19ClN2O3/c1-13(2)18(14-8-10-16(21)11-9-14)20(24)25-12-17-22-23-19(26-17)15-6-4-3-5-7-15/h3-11,13,18H,12H2,1-2H3/t18-/m0/s1. The SMILES string of the molecule is CC(C)[C@H](C(=O)OCc1nnc(-c2ccccc2)o1)c1ccc(Cl)cc1. The van der Waals surface area contributed by atoms with E-state index < -0.39 is 0 Å². The molecule has 1 atom stereocenters. The number of hydrogen-bond acceptors (Lipinski definition) is 5. The Hall–Kier alpha value is -2.66. The second-order valence-corrected chi connectivity index (χ2v) is 6.68. The Morgan fingerprint density at radius 3 is 2.42 bits per heavy atom. The van der Waals surface area contributed by atoms with Crippen molar-refractivity contribution in [1.29, 1.82) is 0 Å². The first-order valence-corrected chi connectivity index (χ1v) is 8.72. The summed E-state index contributed by atoms with van der Waals surface area (Å²) >= 11 is 5.93. The van der Waals surface area contributed by atoms with Crippen molar-refractivity contribution in [2.45, 2.75) is 26.4 Å². The lowest BCUT2D eigenvalue weighted by atomic mass is 9.88. The third kappa shape index (κ3) is 4.29. The van der Waals surface area contributed by atoms with E-state index in [9.17, 15) is 4.79 Å². The molecule has 0 aliphatic carbocycles. The van der Waals surface area contributed by atoms with Crippen molar-refractivity contribution in [3.05, 3.63) is 71.1 Å². The number of nitrogens with zero attached hydrogens (tertiary/aromatic N) is 2. The minimum atomic E-state index is -0.385.